The summed E-state index contributed by atoms with van der Waals surface area (Å²) in [7, 11) is 0. The van der Waals surface area contributed by atoms with E-state index in [2.05, 4.69) is 34.6 Å². The average molecular weight is 501 g/mol. The van der Waals surface area contributed by atoms with Gasteiger partial charge in [0.2, 0.25) is 5.91 Å². The molecule has 0 saturated carbocycles. The normalized spacial score (nSPS) is 19.3. The van der Waals surface area contributed by atoms with Gasteiger partial charge in [-0.25, -0.2) is 9.40 Å². The fourth-order valence-electron chi connectivity index (χ4n) is 4.20. The van der Waals surface area contributed by atoms with Crippen molar-refractivity contribution in [2.75, 3.05) is 5.32 Å². The quantitative estimate of drug-likeness (QED) is 0.493. The second-order valence-electron chi connectivity index (χ2n) is 8.94. The molecule has 0 aromatic heterocycles. The Hall–Kier alpha value is -3.78. The van der Waals surface area contributed by atoms with Crippen molar-refractivity contribution in [2.24, 2.45) is 10.1 Å². The first-order valence-corrected chi connectivity index (χ1v) is 12.6. The molecule has 2 amide bonds. The van der Waals surface area contributed by atoms with Crippen LogP contribution in [0.5, 0.6) is 0 Å². The zero-order chi connectivity index (χ0) is 25.2. The number of benzene rings is 3. The van der Waals surface area contributed by atoms with E-state index in [-0.39, 0.29) is 24.3 Å². The molecular formula is C28H25FN4O2S. The molecule has 0 fully saturated rings. The summed E-state index contributed by atoms with van der Waals surface area (Å²) in [6.45, 7) is 3.70. The molecule has 0 aliphatic carbocycles. The van der Waals surface area contributed by atoms with Crippen LogP contribution < -0.4 is 5.32 Å². The first-order valence-electron chi connectivity index (χ1n) is 11.7. The van der Waals surface area contributed by atoms with Crippen molar-refractivity contribution in [2.45, 2.75) is 38.0 Å². The number of carbonyl (C=O) groups excluding carboxylic acids is 2. The number of anilines is 1. The van der Waals surface area contributed by atoms with Crippen LogP contribution in [0.25, 0.3) is 0 Å². The largest absolute Gasteiger partial charge is 0.326 e. The van der Waals surface area contributed by atoms with E-state index in [9.17, 15) is 14.0 Å². The first-order chi connectivity index (χ1) is 17.4. The number of carbonyl (C=O) groups is 2. The molecule has 0 saturated heterocycles. The number of aliphatic imine (C=N–C) groups is 1. The van der Waals surface area contributed by atoms with Crippen LogP contribution in [0.4, 0.5) is 10.1 Å². The smallest absolute Gasteiger partial charge is 0.262 e. The fraction of sp³-hybridized carbons (Fsp3) is 0.214. The van der Waals surface area contributed by atoms with Gasteiger partial charge in [-0.2, -0.15) is 10.1 Å². The number of hydrogen-bond donors (Lipinski definition) is 1. The molecule has 3 aromatic rings. The number of amidine groups is 1. The summed E-state index contributed by atoms with van der Waals surface area (Å²) in [4.78, 5) is 29.6. The van der Waals surface area contributed by atoms with Crippen LogP contribution in [0, 0.1) is 19.7 Å². The zero-order valence-corrected chi connectivity index (χ0v) is 20.8. The number of nitrogens with one attached hydrogen (secondary N) is 1. The minimum Gasteiger partial charge on any atom is -0.326 e. The van der Waals surface area contributed by atoms with Crippen LogP contribution in [0.3, 0.4) is 0 Å². The van der Waals surface area contributed by atoms with E-state index in [4.69, 9.17) is 5.10 Å². The highest BCUT2D eigenvalue weighted by molar-refractivity contribution is 8.15. The second kappa shape index (κ2) is 10.1. The number of aryl methyl sites for hydroxylation is 2. The lowest BCUT2D eigenvalue weighted by Gasteiger charge is -2.23. The summed E-state index contributed by atoms with van der Waals surface area (Å²) in [6.07, 6.45) is 0.607. The lowest BCUT2D eigenvalue weighted by molar-refractivity contribution is -0.121. The lowest BCUT2D eigenvalue weighted by Crippen LogP contribution is -2.25. The maximum atomic E-state index is 13.8. The van der Waals surface area contributed by atoms with Crippen molar-refractivity contribution in [3.63, 3.8) is 0 Å². The van der Waals surface area contributed by atoms with E-state index in [1.807, 2.05) is 37.3 Å². The second-order valence-corrected chi connectivity index (χ2v) is 10.1. The van der Waals surface area contributed by atoms with Gasteiger partial charge in [0, 0.05) is 18.5 Å². The van der Waals surface area contributed by atoms with Gasteiger partial charge in [0.15, 0.2) is 5.17 Å². The Morgan fingerprint density at radius 3 is 2.56 bits per heavy atom. The number of amides is 2. The number of thioether (sulfide) groups is 1. The van der Waals surface area contributed by atoms with Crippen LogP contribution in [0.1, 0.15) is 41.1 Å². The first kappa shape index (κ1) is 23.9. The molecule has 2 unspecified atom stereocenters. The highest BCUT2D eigenvalue weighted by Gasteiger charge is 2.39. The highest BCUT2D eigenvalue weighted by Crippen LogP contribution is 2.38. The Balaban J connectivity index is 1.33. The van der Waals surface area contributed by atoms with Crippen LogP contribution in [-0.2, 0) is 9.59 Å². The third-order valence-electron chi connectivity index (χ3n) is 6.23. The summed E-state index contributed by atoms with van der Waals surface area (Å²) in [5.41, 5.74) is 5.04. The molecule has 0 bridgehead atoms. The zero-order valence-electron chi connectivity index (χ0n) is 19.9. The van der Waals surface area contributed by atoms with E-state index < -0.39 is 11.1 Å². The molecule has 8 heteroatoms. The molecule has 5 rings (SSSR count). The maximum Gasteiger partial charge on any atom is 0.262 e. The van der Waals surface area contributed by atoms with Gasteiger partial charge in [-0.3, -0.25) is 9.59 Å². The van der Waals surface area contributed by atoms with E-state index in [1.165, 1.54) is 23.4 Å². The average Bonchev–Trinajstić information content (AvgIpc) is 3.46. The predicted molar refractivity (Wildman–Crippen MR) is 142 cm³/mol. The lowest BCUT2D eigenvalue weighted by atomic mass is 9.98. The van der Waals surface area contributed by atoms with Crippen molar-refractivity contribution in [3.8, 4) is 0 Å². The van der Waals surface area contributed by atoms with Crippen LogP contribution >= 0.6 is 11.8 Å². The Morgan fingerprint density at radius 2 is 1.83 bits per heavy atom. The Kier molecular flexibility index (Phi) is 6.69. The Morgan fingerprint density at radius 1 is 1.08 bits per heavy atom. The van der Waals surface area contributed by atoms with Gasteiger partial charge in [0.25, 0.3) is 5.91 Å². The van der Waals surface area contributed by atoms with Crippen molar-refractivity contribution >= 4 is 40.1 Å². The Labute approximate surface area is 213 Å². The monoisotopic (exact) mass is 500 g/mol. The van der Waals surface area contributed by atoms with E-state index in [1.54, 1.807) is 24.1 Å². The summed E-state index contributed by atoms with van der Waals surface area (Å²) in [5.74, 6) is -1.13. The molecular weight excluding hydrogens is 475 g/mol. The van der Waals surface area contributed by atoms with Crippen LogP contribution in [-0.4, -0.2) is 33.0 Å². The minimum atomic E-state index is -0.662. The maximum absolute atomic E-state index is 13.8. The van der Waals surface area contributed by atoms with Gasteiger partial charge in [0.05, 0.1) is 11.8 Å². The van der Waals surface area contributed by atoms with Crippen molar-refractivity contribution in [1.82, 2.24) is 5.01 Å². The molecule has 2 aliphatic heterocycles. The molecule has 2 aliphatic rings. The van der Waals surface area contributed by atoms with Crippen LogP contribution in [0.15, 0.2) is 82.9 Å². The van der Waals surface area contributed by atoms with Crippen molar-refractivity contribution < 1.29 is 14.0 Å². The van der Waals surface area contributed by atoms with Gasteiger partial charge >= 0.3 is 0 Å². The molecule has 0 spiro atoms. The molecule has 3 aromatic carbocycles. The van der Waals surface area contributed by atoms with Crippen molar-refractivity contribution in [3.05, 3.63) is 101 Å². The molecule has 1 N–H and O–H groups in total. The molecule has 6 nitrogen and oxygen atoms in total. The number of rotatable bonds is 5. The number of halogens is 1. The molecule has 2 heterocycles. The fourth-order valence-corrected chi connectivity index (χ4v) is 5.26. The molecule has 36 heavy (non-hydrogen) atoms. The SMILES string of the molecule is Cc1ccc(C2=NN(C3=NC(=O)C(CC(=O)Nc4ccc(C)c(F)c4)S3)C(c3ccccc3)C2)cc1. The summed E-state index contributed by atoms with van der Waals surface area (Å²) in [5, 5.41) is 9.16. The van der Waals surface area contributed by atoms with Gasteiger partial charge in [-0.15, -0.1) is 0 Å². The van der Waals surface area contributed by atoms with E-state index in [0.717, 1.165) is 16.8 Å². The third-order valence-corrected chi connectivity index (χ3v) is 7.37. The van der Waals surface area contributed by atoms with Crippen LogP contribution in [0.2, 0.25) is 0 Å². The van der Waals surface area contributed by atoms with E-state index >= 15 is 0 Å². The number of hydrazone groups is 1. The van der Waals surface area contributed by atoms with Gasteiger partial charge in [-0.1, -0.05) is 78.0 Å². The summed E-state index contributed by atoms with van der Waals surface area (Å²) in [6, 6.07) is 22.6. The number of nitrogens with zero attached hydrogens (tertiary/aromatic N) is 3. The molecule has 0 radical (unpaired) electrons. The molecule has 182 valence electrons. The van der Waals surface area contributed by atoms with E-state index in [0.29, 0.717) is 22.8 Å². The third kappa shape index (κ3) is 5.09. The molecule has 2 atom stereocenters. The highest BCUT2D eigenvalue weighted by atomic mass is 32.2. The topological polar surface area (TPSA) is 74.1 Å². The summed E-state index contributed by atoms with van der Waals surface area (Å²) >= 11 is 1.24. The van der Waals surface area contributed by atoms with Gasteiger partial charge in [-0.05, 0) is 42.7 Å². The summed E-state index contributed by atoms with van der Waals surface area (Å²) < 4.78 is 13.8. The number of hydrogen-bond acceptors (Lipinski definition) is 5. The van der Waals surface area contributed by atoms with Gasteiger partial charge < -0.3 is 5.32 Å². The Bertz CT molecular complexity index is 1370. The predicted octanol–water partition coefficient (Wildman–Crippen LogP) is 5.62. The van der Waals surface area contributed by atoms with Crippen molar-refractivity contribution in [1.29, 1.82) is 0 Å². The minimum absolute atomic E-state index is 0.0651. The van der Waals surface area contributed by atoms with Gasteiger partial charge in [0.1, 0.15) is 11.1 Å². The standard InChI is InChI=1S/C28H25FN4O2S/c1-17-8-11-19(12-9-17)23-15-24(20-6-4-3-5-7-20)33(32-23)28-31-27(35)25(36-28)16-26(34)30-21-13-10-18(2)22(29)14-21/h3-14,24-25H,15-16H2,1-2H3,(H,30,34).